The SMILES string of the molecule is COc1cc(/C=C/C(=O)Nc2ccc(-n3cnc4ccccc43)nc2)ccc1OCc1c(C)noc1C. The second kappa shape index (κ2) is 10.4. The fraction of sp³-hybridized carbons (Fsp3) is 0.143. The van der Waals surface area contributed by atoms with Gasteiger partial charge in [0.15, 0.2) is 11.5 Å². The van der Waals surface area contributed by atoms with Crippen molar-refractivity contribution < 1.29 is 18.8 Å². The Morgan fingerprint density at radius 1 is 1.08 bits per heavy atom. The van der Waals surface area contributed by atoms with E-state index in [2.05, 4.69) is 20.4 Å². The fourth-order valence-corrected chi connectivity index (χ4v) is 3.87. The van der Waals surface area contributed by atoms with Crippen molar-refractivity contribution in [3.8, 4) is 17.3 Å². The maximum Gasteiger partial charge on any atom is 0.248 e. The Morgan fingerprint density at radius 3 is 2.70 bits per heavy atom. The van der Waals surface area contributed by atoms with E-state index in [9.17, 15) is 4.79 Å². The summed E-state index contributed by atoms with van der Waals surface area (Å²) in [5.41, 5.74) is 4.93. The summed E-state index contributed by atoms with van der Waals surface area (Å²) in [6.45, 7) is 4.04. The summed E-state index contributed by atoms with van der Waals surface area (Å²) < 4.78 is 18.5. The van der Waals surface area contributed by atoms with E-state index < -0.39 is 0 Å². The highest BCUT2D eigenvalue weighted by Gasteiger charge is 2.12. The van der Waals surface area contributed by atoms with Gasteiger partial charge in [0.2, 0.25) is 5.91 Å². The number of anilines is 1. The van der Waals surface area contributed by atoms with E-state index in [1.54, 1.807) is 43.9 Å². The maximum atomic E-state index is 12.5. The summed E-state index contributed by atoms with van der Waals surface area (Å²) in [4.78, 5) is 21.3. The number of pyridine rings is 1. The number of carbonyl (C=O) groups excluding carboxylic acids is 1. The highest BCUT2D eigenvalue weighted by Crippen LogP contribution is 2.30. The van der Waals surface area contributed by atoms with E-state index in [0.717, 1.165) is 33.6 Å². The van der Waals surface area contributed by atoms with Gasteiger partial charge in [-0.15, -0.1) is 0 Å². The number of methoxy groups -OCH3 is 1. The quantitative estimate of drug-likeness (QED) is 0.293. The third kappa shape index (κ3) is 5.20. The third-order valence-corrected chi connectivity index (χ3v) is 5.88. The van der Waals surface area contributed by atoms with Crippen LogP contribution in [0.15, 0.2) is 77.7 Å². The first kappa shape index (κ1) is 23.8. The maximum absolute atomic E-state index is 12.5. The highest BCUT2D eigenvalue weighted by atomic mass is 16.5. The number of para-hydroxylation sites is 2. The van der Waals surface area contributed by atoms with E-state index in [0.29, 0.717) is 29.6 Å². The van der Waals surface area contributed by atoms with Gasteiger partial charge in [-0.2, -0.15) is 0 Å². The molecule has 5 aromatic rings. The van der Waals surface area contributed by atoms with E-state index in [4.69, 9.17) is 14.0 Å². The first-order valence-electron chi connectivity index (χ1n) is 11.6. The minimum absolute atomic E-state index is 0.277. The van der Waals surface area contributed by atoms with Gasteiger partial charge in [-0.25, -0.2) is 9.97 Å². The standard InChI is InChI=1S/C28H25N5O4/c1-18-22(19(2)37-32-18)16-36-25-11-8-20(14-26(25)35-3)9-13-28(34)31-21-10-12-27(29-15-21)33-17-30-23-6-4-5-7-24(23)33/h4-15,17H,16H2,1-3H3,(H,31,34)/b13-9+. The number of fused-ring (bicyclic) bond motifs is 1. The molecule has 0 radical (unpaired) electrons. The molecule has 5 rings (SSSR count). The van der Waals surface area contributed by atoms with Crippen LogP contribution in [0.1, 0.15) is 22.6 Å². The summed E-state index contributed by atoms with van der Waals surface area (Å²) in [7, 11) is 1.57. The van der Waals surface area contributed by atoms with Crippen molar-refractivity contribution in [3.05, 3.63) is 95.8 Å². The Kier molecular flexibility index (Phi) is 6.67. The fourth-order valence-electron chi connectivity index (χ4n) is 3.87. The van der Waals surface area contributed by atoms with Gasteiger partial charge < -0.3 is 19.3 Å². The van der Waals surface area contributed by atoms with Crippen molar-refractivity contribution in [3.63, 3.8) is 0 Å². The molecular formula is C28H25N5O4. The number of benzene rings is 2. The molecule has 1 amide bonds. The Hall–Kier alpha value is -4.92. The van der Waals surface area contributed by atoms with Gasteiger partial charge >= 0.3 is 0 Å². The number of aryl methyl sites for hydroxylation is 2. The number of imidazole rings is 1. The van der Waals surface area contributed by atoms with E-state index >= 15 is 0 Å². The minimum Gasteiger partial charge on any atom is -0.493 e. The molecule has 3 aromatic heterocycles. The molecule has 0 aliphatic rings. The van der Waals surface area contributed by atoms with Crippen molar-refractivity contribution in [1.29, 1.82) is 0 Å². The molecule has 0 aliphatic carbocycles. The zero-order valence-electron chi connectivity index (χ0n) is 20.6. The summed E-state index contributed by atoms with van der Waals surface area (Å²) >= 11 is 0. The molecule has 0 fully saturated rings. The van der Waals surface area contributed by atoms with Crippen LogP contribution in [0, 0.1) is 13.8 Å². The second-order valence-corrected chi connectivity index (χ2v) is 8.33. The number of carbonyl (C=O) groups is 1. The molecule has 0 saturated carbocycles. The Labute approximate surface area is 213 Å². The van der Waals surface area contributed by atoms with Crippen LogP contribution in [0.25, 0.3) is 22.9 Å². The number of hydrogen-bond acceptors (Lipinski definition) is 7. The summed E-state index contributed by atoms with van der Waals surface area (Å²) in [6, 6.07) is 16.9. The van der Waals surface area contributed by atoms with Crippen LogP contribution in [-0.4, -0.2) is 32.7 Å². The van der Waals surface area contributed by atoms with Gasteiger partial charge in [0, 0.05) is 6.08 Å². The lowest BCUT2D eigenvalue weighted by Gasteiger charge is -2.11. The van der Waals surface area contributed by atoms with Crippen LogP contribution in [0.2, 0.25) is 0 Å². The molecule has 3 heterocycles. The van der Waals surface area contributed by atoms with E-state index in [-0.39, 0.29) is 5.91 Å². The van der Waals surface area contributed by atoms with Crippen LogP contribution in [0.4, 0.5) is 5.69 Å². The lowest BCUT2D eigenvalue weighted by atomic mass is 10.2. The minimum atomic E-state index is -0.277. The third-order valence-electron chi connectivity index (χ3n) is 5.88. The Balaban J connectivity index is 1.22. The molecule has 0 saturated heterocycles. The average Bonchev–Trinajstić information content (AvgIpc) is 3.49. The molecule has 37 heavy (non-hydrogen) atoms. The largest absolute Gasteiger partial charge is 0.493 e. The van der Waals surface area contributed by atoms with Gasteiger partial charge in [0.25, 0.3) is 0 Å². The molecule has 0 spiro atoms. The number of amides is 1. The van der Waals surface area contributed by atoms with Gasteiger partial charge in [-0.3, -0.25) is 9.36 Å². The first-order valence-corrected chi connectivity index (χ1v) is 11.6. The number of aromatic nitrogens is 4. The second-order valence-electron chi connectivity index (χ2n) is 8.33. The molecule has 0 unspecified atom stereocenters. The van der Waals surface area contributed by atoms with E-state index in [1.807, 2.05) is 54.8 Å². The van der Waals surface area contributed by atoms with Crippen LogP contribution >= 0.6 is 0 Å². The lowest BCUT2D eigenvalue weighted by Crippen LogP contribution is -2.08. The van der Waals surface area contributed by atoms with Crippen LogP contribution in [0.3, 0.4) is 0 Å². The molecule has 186 valence electrons. The van der Waals surface area contributed by atoms with E-state index in [1.165, 1.54) is 6.08 Å². The molecule has 0 atom stereocenters. The zero-order valence-corrected chi connectivity index (χ0v) is 20.6. The molecule has 1 N–H and O–H groups in total. The van der Waals surface area contributed by atoms with Crippen LogP contribution < -0.4 is 14.8 Å². The highest BCUT2D eigenvalue weighted by molar-refractivity contribution is 6.01. The van der Waals surface area contributed by atoms with Gasteiger partial charge in [-0.1, -0.05) is 23.4 Å². The number of hydrogen-bond donors (Lipinski definition) is 1. The Morgan fingerprint density at radius 2 is 1.95 bits per heavy atom. The normalized spacial score (nSPS) is 11.2. The molecule has 9 nitrogen and oxygen atoms in total. The average molecular weight is 496 g/mol. The summed E-state index contributed by atoms with van der Waals surface area (Å²) in [5, 5.41) is 6.77. The molecule has 9 heteroatoms. The number of ether oxygens (including phenoxy) is 2. The number of nitrogens with zero attached hydrogens (tertiary/aromatic N) is 4. The van der Waals surface area contributed by atoms with Crippen molar-refractivity contribution in [2.24, 2.45) is 0 Å². The summed E-state index contributed by atoms with van der Waals surface area (Å²) in [6.07, 6.45) is 6.51. The van der Waals surface area contributed by atoms with Crippen LogP contribution in [0.5, 0.6) is 11.5 Å². The topological polar surface area (TPSA) is 104 Å². The predicted molar refractivity (Wildman–Crippen MR) is 140 cm³/mol. The first-order chi connectivity index (χ1) is 18.0. The number of rotatable bonds is 8. The van der Waals surface area contributed by atoms with Gasteiger partial charge in [-0.05, 0) is 61.9 Å². The Bertz CT molecular complexity index is 1560. The smallest absolute Gasteiger partial charge is 0.248 e. The van der Waals surface area contributed by atoms with Crippen molar-refractivity contribution in [2.75, 3.05) is 12.4 Å². The van der Waals surface area contributed by atoms with Crippen molar-refractivity contribution in [2.45, 2.75) is 20.5 Å². The van der Waals surface area contributed by atoms with Gasteiger partial charge in [0.05, 0.1) is 41.3 Å². The molecular weight excluding hydrogens is 470 g/mol. The summed E-state index contributed by atoms with van der Waals surface area (Å²) in [5.74, 6) is 2.30. The predicted octanol–water partition coefficient (Wildman–Crippen LogP) is 5.26. The van der Waals surface area contributed by atoms with Gasteiger partial charge in [0.1, 0.15) is 24.5 Å². The molecule has 0 aliphatic heterocycles. The molecule has 2 aromatic carbocycles. The van der Waals surface area contributed by atoms with Crippen molar-refractivity contribution in [1.82, 2.24) is 19.7 Å². The van der Waals surface area contributed by atoms with Crippen molar-refractivity contribution >= 4 is 28.7 Å². The zero-order chi connectivity index (χ0) is 25.8. The molecule has 0 bridgehead atoms. The monoisotopic (exact) mass is 495 g/mol. The lowest BCUT2D eigenvalue weighted by molar-refractivity contribution is -0.111. The van der Waals surface area contributed by atoms with Crippen LogP contribution in [-0.2, 0) is 11.4 Å². The number of nitrogens with one attached hydrogen (secondary N) is 1.